The van der Waals surface area contributed by atoms with Crippen LogP contribution in [0.1, 0.15) is 23.7 Å². The molecule has 2 aromatic carbocycles. The first-order valence-corrected chi connectivity index (χ1v) is 8.56. The Bertz CT molecular complexity index is 594. The predicted octanol–water partition coefficient (Wildman–Crippen LogP) is 3.02. The van der Waals surface area contributed by atoms with Crippen LogP contribution in [0.4, 0.5) is 0 Å². The fourth-order valence-electron chi connectivity index (χ4n) is 2.82. The van der Waals surface area contributed by atoms with Gasteiger partial charge >= 0.3 is 0 Å². The number of ether oxygens (including phenoxy) is 2. The van der Waals surface area contributed by atoms with Gasteiger partial charge in [-0.25, -0.2) is 0 Å². The molecule has 4 nitrogen and oxygen atoms in total. The highest BCUT2D eigenvalue weighted by Gasteiger charge is 2.13. The highest BCUT2D eigenvalue weighted by Crippen LogP contribution is 2.21. The summed E-state index contributed by atoms with van der Waals surface area (Å²) >= 11 is 0. The number of nitrogens with zero attached hydrogens (tertiary/aromatic N) is 1. The third kappa shape index (κ3) is 5.06. The lowest BCUT2D eigenvalue weighted by Crippen LogP contribution is -2.37. The second kappa shape index (κ2) is 8.83. The van der Waals surface area contributed by atoms with Gasteiger partial charge in [0, 0.05) is 19.6 Å². The quantitative estimate of drug-likeness (QED) is 0.849. The first-order chi connectivity index (χ1) is 11.8. The van der Waals surface area contributed by atoms with E-state index in [2.05, 4.69) is 4.90 Å². The van der Waals surface area contributed by atoms with Gasteiger partial charge in [0.05, 0.1) is 19.3 Å². The van der Waals surface area contributed by atoms with Crippen molar-refractivity contribution in [1.82, 2.24) is 4.90 Å². The van der Waals surface area contributed by atoms with Crippen LogP contribution in [0.3, 0.4) is 0 Å². The maximum absolute atomic E-state index is 10.4. The minimum atomic E-state index is -0.434. The molecule has 3 rings (SSSR count). The molecular weight excluding hydrogens is 302 g/mol. The first-order valence-electron chi connectivity index (χ1n) is 8.56. The SMILES string of the molecule is OC(CCN1CCOCC1)c1ccc(OCc2ccccc2)cc1. The number of aliphatic hydroxyl groups is 1. The molecule has 1 saturated heterocycles. The maximum atomic E-state index is 10.4. The molecule has 0 aromatic heterocycles. The van der Waals surface area contributed by atoms with Gasteiger partial charge in [0.15, 0.2) is 0 Å². The van der Waals surface area contributed by atoms with Crippen molar-refractivity contribution in [3.8, 4) is 5.75 Å². The fraction of sp³-hybridized carbons (Fsp3) is 0.400. The Kier molecular flexibility index (Phi) is 6.24. The molecule has 128 valence electrons. The normalized spacial score (nSPS) is 16.7. The Morgan fingerprint density at radius 3 is 2.42 bits per heavy atom. The Labute approximate surface area is 143 Å². The van der Waals surface area contributed by atoms with Crippen LogP contribution in [-0.2, 0) is 11.3 Å². The Morgan fingerprint density at radius 2 is 1.71 bits per heavy atom. The van der Waals surface area contributed by atoms with Crippen LogP contribution >= 0.6 is 0 Å². The monoisotopic (exact) mass is 327 g/mol. The van der Waals surface area contributed by atoms with Crippen LogP contribution in [0.5, 0.6) is 5.75 Å². The lowest BCUT2D eigenvalue weighted by atomic mass is 10.1. The molecule has 0 amide bonds. The van der Waals surface area contributed by atoms with Crippen LogP contribution in [0.2, 0.25) is 0 Å². The number of aliphatic hydroxyl groups excluding tert-OH is 1. The zero-order chi connectivity index (χ0) is 16.6. The van der Waals surface area contributed by atoms with E-state index in [1.54, 1.807) is 0 Å². The Hall–Kier alpha value is -1.88. The highest BCUT2D eigenvalue weighted by molar-refractivity contribution is 5.29. The predicted molar refractivity (Wildman–Crippen MR) is 94.1 cm³/mol. The van der Waals surface area contributed by atoms with Crippen molar-refractivity contribution in [3.05, 3.63) is 65.7 Å². The van der Waals surface area contributed by atoms with Gasteiger partial charge in [0.25, 0.3) is 0 Å². The highest BCUT2D eigenvalue weighted by atomic mass is 16.5. The minimum absolute atomic E-state index is 0.434. The van der Waals surface area contributed by atoms with Crippen LogP contribution in [0.15, 0.2) is 54.6 Å². The summed E-state index contributed by atoms with van der Waals surface area (Å²) in [6, 6.07) is 17.9. The molecule has 1 unspecified atom stereocenters. The summed E-state index contributed by atoms with van der Waals surface area (Å²) in [5.41, 5.74) is 2.09. The minimum Gasteiger partial charge on any atom is -0.489 e. The van der Waals surface area contributed by atoms with Gasteiger partial charge in [-0.05, 0) is 29.7 Å². The molecule has 0 spiro atoms. The summed E-state index contributed by atoms with van der Waals surface area (Å²) in [5, 5.41) is 10.4. The lowest BCUT2D eigenvalue weighted by Gasteiger charge is -2.27. The number of hydrogen-bond donors (Lipinski definition) is 1. The van der Waals surface area contributed by atoms with Gasteiger partial charge in [-0.3, -0.25) is 4.90 Å². The number of rotatable bonds is 7. The van der Waals surface area contributed by atoms with Crippen molar-refractivity contribution in [2.45, 2.75) is 19.1 Å². The molecule has 1 atom stereocenters. The van der Waals surface area contributed by atoms with Crippen molar-refractivity contribution in [2.75, 3.05) is 32.8 Å². The first kappa shape index (κ1) is 17.0. The average molecular weight is 327 g/mol. The summed E-state index contributed by atoms with van der Waals surface area (Å²) in [6.45, 7) is 4.96. The van der Waals surface area contributed by atoms with Gasteiger partial charge in [0.1, 0.15) is 12.4 Å². The van der Waals surface area contributed by atoms with Crippen molar-refractivity contribution in [1.29, 1.82) is 0 Å². The molecule has 1 aliphatic heterocycles. The van der Waals surface area contributed by atoms with E-state index in [1.807, 2.05) is 54.6 Å². The van der Waals surface area contributed by atoms with Gasteiger partial charge < -0.3 is 14.6 Å². The molecule has 2 aromatic rings. The van der Waals surface area contributed by atoms with E-state index >= 15 is 0 Å². The van der Waals surface area contributed by atoms with E-state index in [9.17, 15) is 5.11 Å². The van der Waals surface area contributed by atoms with Crippen LogP contribution in [0.25, 0.3) is 0 Å². The second-order valence-electron chi connectivity index (χ2n) is 6.10. The molecule has 1 fully saturated rings. The molecule has 24 heavy (non-hydrogen) atoms. The molecule has 0 radical (unpaired) electrons. The Morgan fingerprint density at radius 1 is 1.00 bits per heavy atom. The third-order valence-corrected chi connectivity index (χ3v) is 4.34. The maximum Gasteiger partial charge on any atom is 0.119 e. The summed E-state index contributed by atoms with van der Waals surface area (Å²) in [4.78, 5) is 2.34. The summed E-state index contributed by atoms with van der Waals surface area (Å²) < 4.78 is 11.1. The fourth-order valence-corrected chi connectivity index (χ4v) is 2.82. The van der Waals surface area contributed by atoms with E-state index < -0.39 is 6.10 Å². The number of morpholine rings is 1. The van der Waals surface area contributed by atoms with Crippen LogP contribution in [0, 0.1) is 0 Å². The molecular formula is C20H25NO3. The smallest absolute Gasteiger partial charge is 0.119 e. The van der Waals surface area contributed by atoms with Crippen molar-refractivity contribution < 1.29 is 14.6 Å². The summed E-state index contributed by atoms with van der Waals surface area (Å²) in [7, 11) is 0. The number of benzene rings is 2. The second-order valence-corrected chi connectivity index (χ2v) is 6.10. The van der Waals surface area contributed by atoms with Gasteiger partial charge in [-0.15, -0.1) is 0 Å². The van der Waals surface area contributed by atoms with E-state index in [0.717, 1.165) is 56.1 Å². The van der Waals surface area contributed by atoms with Crippen LogP contribution < -0.4 is 4.74 Å². The molecule has 1 heterocycles. The van der Waals surface area contributed by atoms with E-state index in [-0.39, 0.29) is 0 Å². The van der Waals surface area contributed by atoms with E-state index in [1.165, 1.54) is 0 Å². The third-order valence-electron chi connectivity index (χ3n) is 4.34. The molecule has 4 heteroatoms. The van der Waals surface area contributed by atoms with Gasteiger partial charge in [-0.1, -0.05) is 42.5 Å². The molecule has 1 aliphatic rings. The largest absolute Gasteiger partial charge is 0.489 e. The van der Waals surface area contributed by atoms with Crippen molar-refractivity contribution in [3.63, 3.8) is 0 Å². The lowest BCUT2D eigenvalue weighted by molar-refractivity contribution is 0.0300. The van der Waals surface area contributed by atoms with Crippen molar-refractivity contribution >= 4 is 0 Å². The van der Waals surface area contributed by atoms with E-state index in [0.29, 0.717) is 6.61 Å². The van der Waals surface area contributed by atoms with Crippen LogP contribution in [-0.4, -0.2) is 42.9 Å². The van der Waals surface area contributed by atoms with Gasteiger partial charge in [0.2, 0.25) is 0 Å². The molecule has 1 N–H and O–H groups in total. The summed E-state index contributed by atoms with van der Waals surface area (Å²) in [5.74, 6) is 0.822. The average Bonchev–Trinajstić information content (AvgIpc) is 2.66. The topological polar surface area (TPSA) is 41.9 Å². The standard InChI is InChI=1S/C20H25NO3/c22-20(10-11-21-12-14-23-15-13-21)18-6-8-19(9-7-18)24-16-17-4-2-1-3-5-17/h1-9,20,22H,10-16H2. The van der Waals surface area contributed by atoms with E-state index in [4.69, 9.17) is 9.47 Å². The molecule has 0 saturated carbocycles. The Balaban J connectivity index is 1.46. The van der Waals surface area contributed by atoms with Gasteiger partial charge in [-0.2, -0.15) is 0 Å². The zero-order valence-corrected chi connectivity index (χ0v) is 13.9. The molecule has 0 aliphatic carbocycles. The zero-order valence-electron chi connectivity index (χ0n) is 13.9. The van der Waals surface area contributed by atoms with Crippen molar-refractivity contribution in [2.24, 2.45) is 0 Å². The number of hydrogen-bond acceptors (Lipinski definition) is 4. The summed E-state index contributed by atoms with van der Waals surface area (Å²) in [6.07, 6.45) is 0.306. The molecule has 0 bridgehead atoms.